The van der Waals surface area contributed by atoms with E-state index in [1.54, 1.807) is 25.3 Å². The molecular formula is C21H25N3O4. The molecular weight excluding hydrogens is 358 g/mol. The molecule has 0 aliphatic rings. The van der Waals surface area contributed by atoms with Crippen molar-refractivity contribution in [2.75, 3.05) is 13.7 Å². The topological polar surface area (TPSA) is 89.0 Å². The largest absolute Gasteiger partial charge is 0.493 e. The van der Waals surface area contributed by atoms with E-state index in [9.17, 15) is 9.59 Å². The highest BCUT2D eigenvalue weighted by Crippen LogP contribution is 2.28. The Kier molecular flexibility index (Phi) is 8.02. The van der Waals surface area contributed by atoms with Gasteiger partial charge in [0.1, 0.15) is 6.61 Å². The summed E-state index contributed by atoms with van der Waals surface area (Å²) in [5.41, 5.74) is 3.94. The van der Waals surface area contributed by atoms with Crippen LogP contribution in [0, 0.1) is 5.92 Å². The summed E-state index contributed by atoms with van der Waals surface area (Å²) in [6, 6.07) is 15.1. The van der Waals surface area contributed by atoms with Crippen molar-refractivity contribution in [1.82, 2.24) is 10.7 Å². The van der Waals surface area contributed by atoms with Gasteiger partial charge in [-0.1, -0.05) is 44.2 Å². The van der Waals surface area contributed by atoms with Crippen molar-refractivity contribution in [2.24, 2.45) is 11.0 Å². The molecule has 0 aromatic heterocycles. The lowest BCUT2D eigenvalue weighted by Gasteiger charge is -2.11. The van der Waals surface area contributed by atoms with Gasteiger partial charge in [0.15, 0.2) is 11.5 Å². The summed E-state index contributed by atoms with van der Waals surface area (Å²) in [4.78, 5) is 23.3. The molecule has 0 saturated heterocycles. The minimum Gasteiger partial charge on any atom is -0.493 e. The zero-order valence-corrected chi connectivity index (χ0v) is 16.3. The molecule has 2 aromatic rings. The Balaban J connectivity index is 1.92. The number of carbonyl (C=O) groups excluding carboxylic acids is 2. The molecule has 7 nitrogen and oxygen atoms in total. The van der Waals surface area contributed by atoms with E-state index in [2.05, 4.69) is 15.8 Å². The lowest BCUT2D eigenvalue weighted by atomic mass is 10.2. The van der Waals surface area contributed by atoms with Crippen LogP contribution in [0.2, 0.25) is 0 Å². The summed E-state index contributed by atoms with van der Waals surface area (Å²) in [5.74, 6) is -0.128. The molecule has 2 N–H and O–H groups in total. The van der Waals surface area contributed by atoms with Gasteiger partial charge in [0.2, 0.25) is 0 Å². The average molecular weight is 383 g/mol. The Hall–Kier alpha value is -3.35. The van der Waals surface area contributed by atoms with Crippen LogP contribution in [0.4, 0.5) is 0 Å². The molecule has 148 valence electrons. The van der Waals surface area contributed by atoms with E-state index >= 15 is 0 Å². The molecule has 0 unspecified atom stereocenters. The van der Waals surface area contributed by atoms with Crippen molar-refractivity contribution >= 4 is 18.0 Å². The minimum atomic E-state index is -0.813. The second-order valence-electron chi connectivity index (χ2n) is 6.49. The normalized spacial score (nSPS) is 10.7. The first kappa shape index (κ1) is 21.0. The minimum absolute atomic E-state index is 0.260. The second-order valence-corrected chi connectivity index (χ2v) is 6.49. The number of amides is 2. The molecule has 2 rings (SSSR count). The summed E-state index contributed by atoms with van der Waals surface area (Å²) < 4.78 is 11.2. The summed E-state index contributed by atoms with van der Waals surface area (Å²) >= 11 is 0. The Morgan fingerprint density at radius 2 is 1.82 bits per heavy atom. The van der Waals surface area contributed by atoms with Crippen molar-refractivity contribution < 1.29 is 19.1 Å². The molecule has 0 heterocycles. The van der Waals surface area contributed by atoms with E-state index in [1.807, 2.05) is 44.2 Å². The number of methoxy groups -OCH3 is 1. The van der Waals surface area contributed by atoms with Gasteiger partial charge in [-0.3, -0.25) is 9.59 Å². The van der Waals surface area contributed by atoms with Gasteiger partial charge in [0, 0.05) is 6.54 Å². The fourth-order valence-corrected chi connectivity index (χ4v) is 2.21. The Morgan fingerprint density at radius 3 is 2.50 bits per heavy atom. The van der Waals surface area contributed by atoms with Crippen LogP contribution in [0.3, 0.4) is 0 Å². The number of ether oxygens (including phenoxy) is 2. The van der Waals surface area contributed by atoms with E-state index < -0.39 is 11.8 Å². The van der Waals surface area contributed by atoms with Crippen LogP contribution in [0.25, 0.3) is 0 Å². The third-order valence-corrected chi connectivity index (χ3v) is 3.68. The monoisotopic (exact) mass is 383 g/mol. The highest BCUT2D eigenvalue weighted by molar-refractivity contribution is 6.35. The highest BCUT2D eigenvalue weighted by atomic mass is 16.5. The molecule has 0 aliphatic carbocycles. The zero-order valence-electron chi connectivity index (χ0n) is 16.3. The molecule has 0 spiro atoms. The van der Waals surface area contributed by atoms with E-state index in [4.69, 9.17) is 9.47 Å². The van der Waals surface area contributed by atoms with Crippen molar-refractivity contribution in [2.45, 2.75) is 20.5 Å². The van der Waals surface area contributed by atoms with E-state index in [0.29, 0.717) is 30.2 Å². The van der Waals surface area contributed by atoms with Crippen LogP contribution in [0.5, 0.6) is 11.5 Å². The number of nitrogens with one attached hydrogen (secondary N) is 2. The van der Waals surface area contributed by atoms with Gasteiger partial charge >= 0.3 is 11.8 Å². The number of carbonyl (C=O) groups is 2. The maximum absolute atomic E-state index is 11.7. The third kappa shape index (κ3) is 6.75. The van der Waals surface area contributed by atoms with Gasteiger partial charge < -0.3 is 14.8 Å². The molecule has 0 bridgehead atoms. The number of hydrazone groups is 1. The molecule has 7 heteroatoms. The van der Waals surface area contributed by atoms with Gasteiger partial charge in [-0.2, -0.15) is 5.10 Å². The van der Waals surface area contributed by atoms with Gasteiger partial charge in [0.25, 0.3) is 0 Å². The Labute approximate surface area is 164 Å². The zero-order chi connectivity index (χ0) is 20.4. The Morgan fingerprint density at radius 1 is 1.07 bits per heavy atom. The van der Waals surface area contributed by atoms with Crippen molar-refractivity contribution in [3.8, 4) is 11.5 Å². The van der Waals surface area contributed by atoms with Crippen molar-refractivity contribution in [1.29, 1.82) is 0 Å². The molecule has 2 amide bonds. The van der Waals surface area contributed by atoms with Crippen molar-refractivity contribution in [3.05, 3.63) is 59.7 Å². The molecule has 0 radical (unpaired) electrons. The van der Waals surface area contributed by atoms with Crippen LogP contribution in [0.15, 0.2) is 53.6 Å². The first-order chi connectivity index (χ1) is 13.5. The lowest BCUT2D eigenvalue weighted by molar-refractivity contribution is -0.139. The van der Waals surface area contributed by atoms with Crippen LogP contribution in [-0.4, -0.2) is 31.7 Å². The van der Waals surface area contributed by atoms with E-state index in [1.165, 1.54) is 6.21 Å². The summed E-state index contributed by atoms with van der Waals surface area (Å²) in [7, 11) is 1.55. The fraction of sp³-hybridized carbons (Fsp3) is 0.286. The number of rotatable bonds is 8. The summed E-state index contributed by atoms with van der Waals surface area (Å²) in [5, 5.41) is 6.33. The molecule has 0 atom stereocenters. The molecule has 28 heavy (non-hydrogen) atoms. The lowest BCUT2D eigenvalue weighted by Crippen LogP contribution is -2.39. The number of benzene rings is 2. The maximum Gasteiger partial charge on any atom is 0.329 e. The third-order valence-electron chi connectivity index (χ3n) is 3.68. The molecule has 0 fully saturated rings. The summed E-state index contributed by atoms with van der Waals surface area (Å²) in [6.07, 6.45) is 1.43. The van der Waals surface area contributed by atoms with Gasteiger partial charge in [-0.05, 0) is 35.2 Å². The van der Waals surface area contributed by atoms with Gasteiger partial charge in [-0.15, -0.1) is 0 Å². The van der Waals surface area contributed by atoms with Crippen LogP contribution in [-0.2, 0) is 16.2 Å². The Bertz CT molecular complexity index is 820. The first-order valence-electron chi connectivity index (χ1n) is 8.95. The highest BCUT2D eigenvalue weighted by Gasteiger charge is 2.12. The molecule has 2 aromatic carbocycles. The molecule has 0 aliphatic heterocycles. The smallest absolute Gasteiger partial charge is 0.329 e. The van der Waals surface area contributed by atoms with Crippen LogP contribution >= 0.6 is 0 Å². The average Bonchev–Trinajstić information content (AvgIpc) is 2.71. The van der Waals surface area contributed by atoms with E-state index in [-0.39, 0.29) is 5.92 Å². The van der Waals surface area contributed by atoms with Gasteiger partial charge in [-0.25, -0.2) is 5.43 Å². The van der Waals surface area contributed by atoms with Gasteiger partial charge in [0.05, 0.1) is 13.3 Å². The summed E-state index contributed by atoms with van der Waals surface area (Å²) in [6.45, 7) is 4.73. The SMILES string of the molecule is COc1cc(/C=N\NC(=O)C(=O)NCC(C)C)ccc1OCc1ccccc1. The van der Waals surface area contributed by atoms with Crippen LogP contribution < -0.4 is 20.2 Å². The second kappa shape index (κ2) is 10.7. The number of hydrogen-bond donors (Lipinski definition) is 2. The number of nitrogens with zero attached hydrogens (tertiary/aromatic N) is 1. The molecule has 0 saturated carbocycles. The first-order valence-corrected chi connectivity index (χ1v) is 8.95. The maximum atomic E-state index is 11.7. The van der Waals surface area contributed by atoms with E-state index in [0.717, 1.165) is 5.56 Å². The number of hydrogen-bond acceptors (Lipinski definition) is 5. The predicted octanol–water partition coefficient (Wildman–Crippen LogP) is 2.50. The standard InChI is InChI=1S/C21H25N3O4/c1-15(2)12-22-20(25)21(26)24-23-13-17-9-10-18(19(11-17)27-3)28-14-16-7-5-4-6-8-16/h4-11,13,15H,12,14H2,1-3H3,(H,22,25)(H,24,26)/b23-13-. The predicted molar refractivity (Wildman–Crippen MR) is 107 cm³/mol. The van der Waals surface area contributed by atoms with Crippen LogP contribution in [0.1, 0.15) is 25.0 Å². The quantitative estimate of drug-likeness (QED) is 0.416. The fourth-order valence-electron chi connectivity index (χ4n) is 2.21. The van der Waals surface area contributed by atoms with Crippen molar-refractivity contribution in [3.63, 3.8) is 0 Å².